The predicted octanol–water partition coefficient (Wildman–Crippen LogP) is -0.427. The summed E-state index contributed by atoms with van der Waals surface area (Å²) in [6, 6.07) is 5.95. The van der Waals surface area contributed by atoms with Gasteiger partial charge in [-0.2, -0.15) is 0 Å². The number of likely N-dealkylation sites (tertiary alicyclic amines) is 1. The van der Waals surface area contributed by atoms with Crippen LogP contribution in [0.15, 0.2) is 29.2 Å². The number of nitrogens with zero attached hydrogens (tertiary/aromatic N) is 1. The highest BCUT2D eigenvalue weighted by Gasteiger charge is 2.22. The third-order valence-electron chi connectivity index (χ3n) is 3.25. The van der Waals surface area contributed by atoms with Crippen LogP contribution in [0.3, 0.4) is 0 Å². The van der Waals surface area contributed by atoms with E-state index in [1.54, 1.807) is 12.1 Å². The van der Waals surface area contributed by atoms with E-state index in [9.17, 15) is 18.0 Å². The van der Waals surface area contributed by atoms with Gasteiger partial charge >= 0.3 is 0 Å². The van der Waals surface area contributed by atoms with Crippen LogP contribution < -0.4 is 10.5 Å². The Morgan fingerprint density at radius 3 is 2.48 bits per heavy atom. The molecule has 1 saturated heterocycles. The summed E-state index contributed by atoms with van der Waals surface area (Å²) in [4.78, 5) is 24.7. The Bertz CT molecular complexity index is 640. The quantitative estimate of drug-likeness (QED) is 0.769. The summed E-state index contributed by atoms with van der Waals surface area (Å²) in [7, 11) is -3.70. The molecule has 7 nitrogen and oxygen atoms in total. The zero-order valence-corrected chi connectivity index (χ0v) is 12.2. The maximum atomic E-state index is 11.7. The first-order valence-electron chi connectivity index (χ1n) is 6.52. The summed E-state index contributed by atoms with van der Waals surface area (Å²) < 4.78 is 22.2. The van der Waals surface area contributed by atoms with Crippen LogP contribution in [-0.2, 0) is 26.2 Å². The number of primary sulfonamides is 1. The normalized spacial score (nSPS) is 15.3. The highest BCUT2D eigenvalue weighted by atomic mass is 32.2. The van der Waals surface area contributed by atoms with Crippen molar-refractivity contribution in [3.05, 3.63) is 29.8 Å². The molecule has 0 radical (unpaired) electrons. The smallest absolute Gasteiger partial charge is 0.239 e. The number of sulfonamides is 1. The van der Waals surface area contributed by atoms with Gasteiger partial charge in [0.25, 0.3) is 0 Å². The minimum Gasteiger partial charge on any atom is -0.350 e. The van der Waals surface area contributed by atoms with Crippen molar-refractivity contribution < 1.29 is 18.0 Å². The Balaban J connectivity index is 1.85. The molecule has 0 aliphatic carbocycles. The van der Waals surface area contributed by atoms with Gasteiger partial charge in [0.1, 0.15) is 0 Å². The van der Waals surface area contributed by atoms with Gasteiger partial charge in [-0.05, 0) is 24.1 Å². The summed E-state index contributed by atoms with van der Waals surface area (Å²) in [5, 5.41) is 7.69. The lowest BCUT2D eigenvalue weighted by atomic mass is 10.2. The van der Waals surface area contributed by atoms with Crippen molar-refractivity contribution in [2.75, 3.05) is 13.1 Å². The number of carbonyl (C=O) groups excluding carboxylic acids is 2. The van der Waals surface area contributed by atoms with Gasteiger partial charge in [0.05, 0.1) is 11.4 Å². The fourth-order valence-electron chi connectivity index (χ4n) is 2.10. The zero-order chi connectivity index (χ0) is 15.5. The van der Waals surface area contributed by atoms with Gasteiger partial charge in [-0.15, -0.1) is 0 Å². The van der Waals surface area contributed by atoms with Crippen molar-refractivity contribution in [3.63, 3.8) is 0 Å². The van der Waals surface area contributed by atoms with E-state index < -0.39 is 10.0 Å². The molecule has 2 amide bonds. The molecule has 0 atom stereocenters. The van der Waals surface area contributed by atoms with Gasteiger partial charge in [0, 0.05) is 19.5 Å². The molecule has 1 aliphatic heterocycles. The third kappa shape index (κ3) is 4.27. The molecule has 0 bridgehead atoms. The van der Waals surface area contributed by atoms with Gasteiger partial charge < -0.3 is 10.2 Å². The fourth-order valence-corrected chi connectivity index (χ4v) is 2.61. The molecule has 1 aromatic carbocycles. The second-order valence-corrected chi connectivity index (χ2v) is 6.45. The summed E-state index contributed by atoms with van der Waals surface area (Å²) in [5.74, 6) is -0.233. The summed E-state index contributed by atoms with van der Waals surface area (Å²) in [5.41, 5.74) is 0.753. The highest BCUT2D eigenvalue weighted by molar-refractivity contribution is 7.89. The maximum absolute atomic E-state index is 11.7. The van der Waals surface area contributed by atoms with Crippen LogP contribution in [0.25, 0.3) is 0 Å². The van der Waals surface area contributed by atoms with E-state index >= 15 is 0 Å². The first-order valence-corrected chi connectivity index (χ1v) is 8.07. The minimum atomic E-state index is -3.70. The van der Waals surface area contributed by atoms with E-state index in [2.05, 4.69) is 5.32 Å². The number of hydrogen-bond acceptors (Lipinski definition) is 4. The van der Waals surface area contributed by atoms with E-state index in [0.717, 1.165) is 12.0 Å². The molecule has 1 fully saturated rings. The standard InChI is InChI=1S/C13H17N3O4S/c14-21(19,20)11-5-3-10(4-6-11)8-15-12(17)9-16-7-1-2-13(16)18/h3-6H,1-2,7-9H2,(H,15,17)(H2,14,19,20). The van der Waals surface area contributed by atoms with Crippen molar-refractivity contribution in [3.8, 4) is 0 Å². The summed E-state index contributed by atoms with van der Waals surface area (Å²) in [6.45, 7) is 0.954. The molecule has 114 valence electrons. The average Bonchev–Trinajstić information content (AvgIpc) is 2.81. The molecule has 2 rings (SSSR count). The van der Waals surface area contributed by atoms with Crippen LogP contribution in [0, 0.1) is 0 Å². The minimum absolute atomic E-state index is 0.00246. The lowest BCUT2D eigenvalue weighted by Gasteiger charge is -2.15. The molecule has 0 unspecified atom stereocenters. The van der Waals surface area contributed by atoms with E-state index in [0.29, 0.717) is 13.0 Å². The van der Waals surface area contributed by atoms with Gasteiger partial charge in [0.15, 0.2) is 0 Å². The Hall–Kier alpha value is -1.93. The molecule has 1 aromatic rings. The Morgan fingerprint density at radius 2 is 1.95 bits per heavy atom. The molecular formula is C13H17N3O4S. The van der Waals surface area contributed by atoms with E-state index in [1.807, 2.05) is 0 Å². The van der Waals surface area contributed by atoms with Gasteiger partial charge in [-0.3, -0.25) is 9.59 Å². The molecule has 0 aromatic heterocycles. The largest absolute Gasteiger partial charge is 0.350 e. The monoisotopic (exact) mass is 311 g/mol. The lowest BCUT2D eigenvalue weighted by molar-refractivity contribution is -0.133. The molecule has 0 spiro atoms. The Labute approximate surface area is 123 Å². The number of carbonyl (C=O) groups is 2. The number of nitrogens with two attached hydrogens (primary N) is 1. The van der Waals surface area contributed by atoms with Crippen LogP contribution in [0.1, 0.15) is 18.4 Å². The second-order valence-electron chi connectivity index (χ2n) is 4.88. The first-order chi connectivity index (χ1) is 9.86. The van der Waals surface area contributed by atoms with E-state index in [1.165, 1.54) is 17.0 Å². The number of benzene rings is 1. The van der Waals surface area contributed by atoms with Crippen LogP contribution in [0.2, 0.25) is 0 Å². The first kappa shape index (κ1) is 15.5. The molecule has 1 heterocycles. The molecule has 8 heteroatoms. The molecule has 21 heavy (non-hydrogen) atoms. The van der Waals surface area contributed by atoms with Gasteiger partial charge in [0.2, 0.25) is 21.8 Å². The zero-order valence-electron chi connectivity index (χ0n) is 11.4. The second kappa shape index (κ2) is 6.23. The van der Waals surface area contributed by atoms with Crippen molar-refractivity contribution in [1.82, 2.24) is 10.2 Å². The van der Waals surface area contributed by atoms with E-state index in [4.69, 9.17) is 5.14 Å². The highest BCUT2D eigenvalue weighted by Crippen LogP contribution is 2.10. The predicted molar refractivity (Wildman–Crippen MR) is 75.5 cm³/mol. The third-order valence-corrected chi connectivity index (χ3v) is 4.18. The molecular weight excluding hydrogens is 294 g/mol. The Morgan fingerprint density at radius 1 is 1.29 bits per heavy atom. The maximum Gasteiger partial charge on any atom is 0.239 e. The van der Waals surface area contributed by atoms with Gasteiger partial charge in [-0.1, -0.05) is 12.1 Å². The van der Waals surface area contributed by atoms with Crippen molar-refractivity contribution in [2.45, 2.75) is 24.3 Å². The van der Waals surface area contributed by atoms with Crippen LogP contribution in [-0.4, -0.2) is 38.2 Å². The van der Waals surface area contributed by atoms with Crippen molar-refractivity contribution >= 4 is 21.8 Å². The number of hydrogen-bond donors (Lipinski definition) is 2. The van der Waals surface area contributed by atoms with Gasteiger partial charge in [-0.25, -0.2) is 13.6 Å². The SMILES string of the molecule is NS(=O)(=O)c1ccc(CNC(=O)CN2CCCC2=O)cc1. The number of rotatable bonds is 5. The fraction of sp³-hybridized carbons (Fsp3) is 0.385. The summed E-state index contributed by atoms with van der Waals surface area (Å²) >= 11 is 0. The van der Waals surface area contributed by atoms with Crippen molar-refractivity contribution in [2.24, 2.45) is 5.14 Å². The van der Waals surface area contributed by atoms with E-state index in [-0.39, 0.29) is 29.8 Å². The number of nitrogens with one attached hydrogen (secondary N) is 1. The topological polar surface area (TPSA) is 110 Å². The summed E-state index contributed by atoms with van der Waals surface area (Å²) in [6.07, 6.45) is 1.30. The lowest BCUT2D eigenvalue weighted by Crippen LogP contribution is -2.37. The van der Waals surface area contributed by atoms with Crippen LogP contribution >= 0.6 is 0 Å². The average molecular weight is 311 g/mol. The van der Waals surface area contributed by atoms with Crippen LogP contribution in [0.5, 0.6) is 0 Å². The molecule has 1 aliphatic rings. The number of amides is 2. The molecule has 3 N–H and O–H groups in total. The van der Waals surface area contributed by atoms with Crippen LogP contribution in [0.4, 0.5) is 0 Å². The Kier molecular flexibility index (Phi) is 4.59. The van der Waals surface area contributed by atoms with Crippen molar-refractivity contribution in [1.29, 1.82) is 0 Å². The molecule has 0 saturated carbocycles.